The van der Waals surface area contributed by atoms with Crippen molar-refractivity contribution in [1.29, 1.82) is 0 Å². The lowest BCUT2D eigenvalue weighted by Crippen LogP contribution is -1.91. The molecule has 0 heterocycles. The summed E-state index contributed by atoms with van der Waals surface area (Å²) in [5.41, 5.74) is 12.1. The van der Waals surface area contributed by atoms with Crippen LogP contribution in [0.15, 0.2) is 24.3 Å². The summed E-state index contributed by atoms with van der Waals surface area (Å²) in [6.07, 6.45) is 0. The van der Waals surface area contributed by atoms with E-state index in [1.165, 1.54) is 0 Å². The SMILES string of the molecule is Nc1ccccc1N.[Al]. The highest BCUT2D eigenvalue weighted by molar-refractivity contribution is 5.75. The number of hydrogen-bond acceptors (Lipinski definition) is 2. The largest absolute Gasteiger partial charge is 0.397 e. The monoisotopic (exact) mass is 135 g/mol. The molecule has 45 valence electrons. The molecule has 0 aliphatic rings. The van der Waals surface area contributed by atoms with Gasteiger partial charge in [-0.3, -0.25) is 0 Å². The van der Waals surface area contributed by atoms with Crippen LogP contribution in [-0.2, 0) is 0 Å². The second kappa shape index (κ2) is 3.39. The molecule has 1 aromatic rings. The smallest absolute Gasteiger partial charge is 0.0547 e. The predicted molar refractivity (Wildman–Crippen MR) is 41.0 cm³/mol. The fourth-order valence-electron chi connectivity index (χ4n) is 0.511. The van der Waals surface area contributed by atoms with Crippen LogP contribution in [0.5, 0.6) is 0 Å². The first-order valence-electron chi connectivity index (χ1n) is 2.40. The van der Waals surface area contributed by atoms with Gasteiger partial charge in [-0.2, -0.15) is 0 Å². The molecule has 0 aromatic heterocycles. The van der Waals surface area contributed by atoms with Gasteiger partial charge in [-0.1, -0.05) is 12.1 Å². The van der Waals surface area contributed by atoms with Crippen LogP contribution in [0.2, 0.25) is 0 Å². The molecule has 4 N–H and O–H groups in total. The average molecular weight is 135 g/mol. The van der Waals surface area contributed by atoms with Crippen molar-refractivity contribution in [2.75, 3.05) is 11.5 Å². The first-order valence-corrected chi connectivity index (χ1v) is 2.40. The molecule has 2 nitrogen and oxygen atoms in total. The van der Waals surface area contributed by atoms with Crippen LogP contribution >= 0.6 is 0 Å². The Morgan fingerprint density at radius 1 is 0.889 bits per heavy atom. The van der Waals surface area contributed by atoms with Crippen LogP contribution in [0.4, 0.5) is 11.4 Å². The molecule has 0 saturated heterocycles. The summed E-state index contributed by atoms with van der Waals surface area (Å²) in [5.74, 6) is 0. The van der Waals surface area contributed by atoms with Crippen molar-refractivity contribution < 1.29 is 0 Å². The Labute approximate surface area is 65.0 Å². The van der Waals surface area contributed by atoms with Gasteiger partial charge in [-0.05, 0) is 12.1 Å². The number of nitrogen functional groups attached to an aromatic ring is 2. The van der Waals surface area contributed by atoms with E-state index in [0.29, 0.717) is 11.4 Å². The summed E-state index contributed by atoms with van der Waals surface area (Å²) < 4.78 is 0. The molecule has 0 bridgehead atoms. The highest BCUT2D eigenvalue weighted by Gasteiger charge is 1.85. The lowest BCUT2D eigenvalue weighted by molar-refractivity contribution is 1.67. The van der Waals surface area contributed by atoms with E-state index in [-0.39, 0.29) is 17.4 Å². The zero-order valence-corrected chi connectivity index (χ0v) is 6.20. The second-order valence-electron chi connectivity index (χ2n) is 1.63. The fourth-order valence-corrected chi connectivity index (χ4v) is 0.511. The van der Waals surface area contributed by atoms with Gasteiger partial charge >= 0.3 is 0 Å². The Morgan fingerprint density at radius 2 is 1.22 bits per heavy atom. The van der Waals surface area contributed by atoms with Crippen molar-refractivity contribution in [1.82, 2.24) is 0 Å². The van der Waals surface area contributed by atoms with Gasteiger partial charge in [0.05, 0.1) is 11.4 Å². The first-order chi connectivity index (χ1) is 3.80. The summed E-state index contributed by atoms with van der Waals surface area (Å²) in [4.78, 5) is 0. The summed E-state index contributed by atoms with van der Waals surface area (Å²) >= 11 is 0. The van der Waals surface area contributed by atoms with Gasteiger partial charge in [0.15, 0.2) is 0 Å². The van der Waals surface area contributed by atoms with Crippen molar-refractivity contribution in [2.45, 2.75) is 0 Å². The molecule has 0 spiro atoms. The van der Waals surface area contributed by atoms with Crippen molar-refractivity contribution in [3.05, 3.63) is 24.3 Å². The minimum Gasteiger partial charge on any atom is -0.397 e. The Kier molecular flexibility index (Phi) is 3.15. The van der Waals surface area contributed by atoms with Gasteiger partial charge in [-0.15, -0.1) is 0 Å². The van der Waals surface area contributed by atoms with Gasteiger partial charge in [0.25, 0.3) is 0 Å². The maximum absolute atomic E-state index is 5.39. The topological polar surface area (TPSA) is 52.0 Å². The summed E-state index contributed by atoms with van der Waals surface area (Å²) in [7, 11) is 0. The highest BCUT2D eigenvalue weighted by Crippen LogP contribution is 2.10. The molecule has 0 saturated carbocycles. The summed E-state index contributed by atoms with van der Waals surface area (Å²) in [6, 6.07) is 7.25. The van der Waals surface area contributed by atoms with Crippen LogP contribution < -0.4 is 11.5 Å². The molecule has 0 unspecified atom stereocenters. The molecule has 0 aliphatic carbocycles. The standard InChI is InChI=1S/C6H8N2.Al/c7-5-3-1-2-4-6(5)8;/h1-4H,7-8H2;. The predicted octanol–water partition coefficient (Wildman–Crippen LogP) is 0.470. The number of hydrogen-bond donors (Lipinski definition) is 2. The summed E-state index contributed by atoms with van der Waals surface area (Å²) in [5, 5.41) is 0. The maximum atomic E-state index is 5.39. The highest BCUT2D eigenvalue weighted by atomic mass is 27.0. The quantitative estimate of drug-likeness (QED) is 0.401. The van der Waals surface area contributed by atoms with Crippen molar-refractivity contribution in [3.8, 4) is 0 Å². The molecule has 1 rings (SSSR count). The Morgan fingerprint density at radius 3 is 1.44 bits per heavy atom. The van der Waals surface area contributed by atoms with Crippen LogP contribution in [0.25, 0.3) is 0 Å². The molecule has 3 radical (unpaired) electrons. The third-order valence-electron chi connectivity index (χ3n) is 0.996. The molecule has 1 aromatic carbocycles. The normalized spacial score (nSPS) is 8.00. The van der Waals surface area contributed by atoms with Crippen LogP contribution in [0.1, 0.15) is 0 Å². The number of anilines is 2. The van der Waals surface area contributed by atoms with Gasteiger partial charge in [0.2, 0.25) is 0 Å². The number of nitrogens with two attached hydrogens (primary N) is 2. The molecule has 0 atom stereocenters. The van der Waals surface area contributed by atoms with E-state index >= 15 is 0 Å². The lowest BCUT2D eigenvalue weighted by atomic mass is 10.3. The number of rotatable bonds is 0. The van der Waals surface area contributed by atoms with E-state index < -0.39 is 0 Å². The van der Waals surface area contributed by atoms with E-state index in [9.17, 15) is 0 Å². The van der Waals surface area contributed by atoms with Crippen molar-refractivity contribution in [2.24, 2.45) is 0 Å². The van der Waals surface area contributed by atoms with Gasteiger partial charge in [0, 0.05) is 17.4 Å². The minimum atomic E-state index is 0. The van der Waals surface area contributed by atoms with E-state index in [1.807, 2.05) is 12.1 Å². The molecule has 0 amide bonds. The van der Waals surface area contributed by atoms with E-state index in [2.05, 4.69) is 0 Å². The van der Waals surface area contributed by atoms with Crippen LogP contribution in [0, 0.1) is 0 Å². The summed E-state index contributed by atoms with van der Waals surface area (Å²) in [6.45, 7) is 0. The van der Waals surface area contributed by atoms with Crippen molar-refractivity contribution in [3.63, 3.8) is 0 Å². The zero-order valence-electron chi connectivity index (χ0n) is 5.04. The molecule has 3 heteroatoms. The van der Waals surface area contributed by atoms with Gasteiger partial charge in [-0.25, -0.2) is 0 Å². The number of benzene rings is 1. The van der Waals surface area contributed by atoms with Crippen LogP contribution in [-0.4, -0.2) is 17.4 Å². The van der Waals surface area contributed by atoms with Gasteiger partial charge in [0.1, 0.15) is 0 Å². The van der Waals surface area contributed by atoms with E-state index in [1.54, 1.807) is 12.1 Å². The van der Waals surface area contributed by atoms with E-state index in [0.717, 1.165) is 0 Å². The Balaban J connectivity index is 0.000000640. The molecular weight excluding hydrogens is 127 g/mol. The molecule has 9 heavy (non-hydrogen) atoms. The fraction of sp³-hybridized carbons (Fsp3) is 0. The Bertz CT molecular complexity index is 167. The number of para-hydroxylation sites is 2. The molecule has 0 aliphatic heterocycles. The molecular formula is C6H8AlN2. The molecule has 0 fully saturated rings. The van der Waals surface area contributed by atoms with Crippen LogP contribution in [0.3, 0.4) is 0 Å². The zero-order chi connectivity index (χ0) is 5.98. The second-order valence-corrected chi connectivity index (χ2v) is 1.63. The minimum absolute atomic E-state index is 0. The third-order valence-corrected chi connectivity index (χ3v) is 0.996. The van der Waals surface area contributed by atoms with Gasteiger partial charge < -0.3 is 11.5 Å². The lowest BCUT2D eigenvalue weighted by Gasteiger charge is -1.94. The first kappa shape index (κ1) is 8.35. The van der Waals surface area contributed by atoms with E-state index in [4.69, 9.17) is 11.5 Å². The average Bonchev–Trinajstić information content (AvgIpc) is 1.77. The third kappa shape index (κ3) is 1.97. The Hall–Kier alpha value is -0.648. The van der Waals surface area contributed by atoms with Crippen molar-refractivity contribution >= 4 is 28.7 Å². The maximum Gasteiger partial charge on any atom is 0.0547 e.